The molecule has 3 aromatic rings. The van der Waals surface area contributed by atoms with Gasteiger partial charge in [0.2, 0.25) is 5.88 Å². The van der Waals surface area contributed by atoms with Gasteiger partial charge in [0.05, 0.1) is 5.92 Å². The lowest BCUT2D eigenvalue weighted by atomic mass is 9.81. The number of carbonyl (C=O) groups is 1. The number of ether oxygens (including phenoxy) is 1. The highest BCUT2D eigenvalue weighted by molar-refractivity contribution is 5.71. The smallest absolute Gasteiger partial charge is 0.307 e. The molecule has 0 spiro atoms. The predicted octanol–water partition coefficient (Wildman–Crippen LogP) is 3.74. The number of aromatic amines is 1. The summed E-state index contributed by atoms with van der Waals surface area (Å²) in [6.45, 7) is 7.99. The molecule has 33 heavy (non-hydrogen) atoms. The Bertz CT molecular complexity index is 1010. The molecule has 9 heteroatoms. The van der Waals surface area contributed by atoms with Crippen molar-refractivity contribution in [2.24, 2.45) is 17.6 Å². The SMILES string of the molecule is CC(C)CC(C(=O)O)C(Cc1ccc(Oc2ccc(CC(C)(C)N)cc2)nc1)c1nn[nH]n1. The molecule has 0 saturated carbocycles. The first-order chi connectivity index (χ1) is 15.6. The molecule has 9 nitrogen and oxygen atoms in total. The number of hydrogen-bond acceptors (Lipinski definition) is 7. The van der Waals surface area contributed by atoms with Crippen LogP contribution in [0.15, 0.2) is 42.6 Å². The van der Waals surface area contributed by atoms with E-state index >= 15 is 0 Å². The number of pyridine rings is 1. The Kier molecular flexibility index (Phi) is 7.75. The summed E-state index contributed by atoms with van der Waals surface area (Å²) < 4.78 is 5.86. The summed E-state index contributed by atoms with van der Waals surface area (Å²) in [5.74, 6) is -0.166. The van der Waals surface area contributed by atoms with Gasteiger partial charge in [-0.25, -0.2) is 4.98 Å². The summed E-state index contributed by atoms with van der Waals surface area (Å²) in [4.78, 5) is 16.4. The topological polar surface area (TPSA) is 140 Å². The number of carboxylic acid groups (broad SMARTS) is 1. The summed E-state index contributed by atoms with van der Waals surface area (Å²) in [6, 6.07) is 11.4. The maximum Gasteiger partial charge on any atom is 0.307 e. The molecule has 2 unspecified atom stereocenters. The molecular formula is C24H32N6O3. The number of benzene rings is 1. The number of carboxylic acids is 1. The van der Waals surface area contributed by atoms with Crippen molar-refractivity contribution >= 4 is 5.97 Å². The largest absolute Gasteiger partial charge is 0.481 e. The first-order valence-corrected chi connectivity index (χ1v) is 11.1. The van der Waals surface area contributed by atoms with E-state index in [9.17, 15) is 9.90 Å². The minimum absolute atomic E-state index is 0.219. The number of nitrogens with one attached hydrogen (secondary N) is 1. The lowest BCUT2D eigenvalue weighted by molar-refractivity contribution is -0.143. The predicted molar refractivity (Wildman–Crippen MR) is 124 cm³/mol. The van der Waals surface area contributed by atoms with Crippen LogP contribution in [0.4, 0.5) is 0 Å². The number of tetrazole rings is 1. The van der Waals surface area contributed by atoms with Crippen LogP contribution in [-0.2, 0) is 17.6 Å². The summed E-state index contributed by atoms with van der Waals surface area (Å²) in [5, 5.41) is 24.0. The maximum absolute atomic E-state index is 12.0. The van der Waals surface area contributed by atoms with Gasteiger partial charge in [-0.05, 0) is 62.3 Å². The van der Waals surface area contributed by atoms with Crippen LogP contribution in [0.3, 0.4) is 0 Å². The molecule has 1 aromatic carbocycles. The number of rotatable bonds is 11. The van der Waals surface area contributed by atoms with Gasteiger partial charge in [0, 0.05) is 23.7 Å². The monoisotopic (exact) mass is 452 g/mol. The van der Waals surface area contributed by atoms with Crippen molar-refractivity contribution in [3.05, 3.63) is 59.5 Å². The molecule has 0 bridgehead atoms. The molecule has 2 heterocycles. The highest BCUT2D eigenvalue weighted by atomic mass is 16.5. The molecule has 0 amide bonds. The van der Waals surface area contributed by atoms with E-state index in [1.54, 1.807) is 12.3 Å². The van der Waals surface area contributed by atoms with Crippen molar-refractivity contribution in [3.63, 3.8) is 0 Å². The minimum atomic E-state index is -0.868. The van der Waals surface area contributed by atoms with Gasteiger partial charge in [0.1, 0.15) is 5.75 Å². The molecule has 0 fully saturated rings. The van der Waals surface area contributed by atoms with Gasteiger partial charge in [-0.3, -0.25) is 4.79 Å². The van der Waals surface area contributed by atoms with Crippen LogP contribution in [0.1, 0.15) is 57.0 Å². The van der Waals surface area contributed by atoms with E-state index in [0.717, 1.165) is 17.5 Å². The van der Waals surface area contributed by atoms with E-state index in [0.29, 0.717) is 30.3 Å². The van der Waals surface area contributed by atoms with Crippen molar-refractivity contribution in [2.45, 2.75) is 58.4 Å². The number of nitrogens with zero attached hydrogens (tertiary/aromatic N) is 4. The van der Waals surface area contributed by atoms with E-state index < -0.39 is 17.8 Å². The van der Waals surface area contributed by atoms with Gasteiger partial charge in [0.25, 0.3) is 0 Å². The highest BCUT2D eigenvalue weighted by Gasteiger charge is 2.33. The normalized spacial score (nSPS) is 13.6. The molecule has 4 N–H and O–H groups in total. The zero-order chi connectivity index (χ0) is 24.0. The Hall–Kier alpha value is -3.33. The van der Waals surface area contributed by atoms with Gasteiger partial charge in [0.15, 0.2) is 5.82 Å². The Balaban J connectivity index is 1.70. The van der Waals surface area contributed by atoms with Crippen molar-refractivity contribution < 1.29 is 14.6 Å². The number of hydrogen-bond donors (Lipinski definition) is 3. The van der Waals surface area contributed by atoms with Gasteiger partial charge in [-0.1, -0.05) is 37.3 Å². The fourth-order valence-corrected chi connectivity index (χ4v) is 3.85. The Morgan fingerprint density at radius 2 is 1.85 bits per heavy atom. The summed E-state index contributed by atoms with van der Waals surface area (Å²) >= 11 is 0. The van der Waals surface area contributed by atoms with Crippen LogP contribution < -0.4 is 10.5 Å². The van der Waals surface area contributed by atoms with Crippen LogP contribution in [0, 0.1) is 11.8 Å². The van der Waals surface area contributed by atoms with Crippen molar-refractivity contribution in [1.29, 1.82) is 0 Å². The van der Waals surface area contributed by atoms with Crippen LogP contribution in [0.25, 0.3) is 0 Å². The molecule has 2 atom stereocenters. The van der Waals surface area contributed by atoms with Gasteiger partial charge in [-0.15, -0.1) is 10.2 Å². The molecule has 176 valence electrons. The molecule has 2 aromatic heterocycles. The second-order valence-corrected chi connectivity index (χ2v) is 9.57. The molecule has 0 saturated heterocycles. The number of aliphatic carboxylic acids is 1. The Morgan fingerprint density at radius 1 is 1.15 bits per heavy atom. The fourth-order valence-electron chi connectivity index (χ4n) is 3.85. The number of H-pyrrole nitrogens is 1. The quantitative estimate of drug-likeness (QED) is 0.400. The number of nitrogens with two attached hydrogens (primary N) is 1. The van der Waals surface area contributed by atoms with E-state index in [-0.39, 0.29) is 11.5 Å². The standard InChI is InChI=1S/C24H32N6O3/c1-15(2)11-20(23(31)32)19(22-27-29-30-28-22)12-17-7-10-21(26-14-17)33-18-8-5-16(6-9-18)13-24(3,4)25/h5-10,14-15,19-20H,11-13,25H2,1-4H3,(H,31,32)(H,27,28,29,30). The Morgan fingerprint density at radius 3 is 2.36 bits per heavy atom. The zero-order valence-corrected chi connectivity index (χ0v) is 19.5. The summed E-state index contributed by atoms with van der Waals surface area (Å²) in [5.41, 5.74) is 7.82. The van der Waals surface area contributed by atoms with E-state index in [1.165, 1.54) is 0 Å². The average molecular weight is 453 g/mol. The average Bonchev–Trinajstić information content (AvgIpc) is 3.26. The number of aromatic nitrogens is 5. The van der Waals surface area contributed by atoms with E-state index in [1.807, 2.05) is 58.0 Å². The van der Waals surface area contributed by atoms with Crippen LogP contribution in [-0.4, -0.2) is 42.2 Å². The second-order valence-electron chi connectivity index (χ2n) is 9.57. The fraction of sp³-hybridized carbons (Fsp3) is 0.458. The van der Waals surface area contributed by atoms with Crippen molar-refractivity contribution in [1.82, 2.24) is 25.6 Å². The van der Waals surface area contributed by atoms with E-state index in [2.05, 4.69) is 25.6 Å². The van der Waals surface area contributed by atoms with Crippen LogP contribution in [0.5, 0.6) is 11.6 Å². The van der Waals surface area contributed by atoms with Crippen molar-refractivity contribution in [3.8, 4) is 11.6 Å². The molecule has 0 aliphatic carbocycles. The Labute approximate surface area is 193 Å². The summed E-state index contributed by atoms with van der Waals surface area (Å²) in [6.07, 6.45) is 3.42. The second kappa shape index (κ2) is 10.5. The minimum Gasteiger partial charge on any atom is -0.481 e. The molecular weight excluding hydrogens is 420 g/mol. The lowest BCUT2D eigenvalue weighted by Crippen LogP contribution is -2.34. The van der Waals surface area contributed by atoms with E-state index in [4.69, 9.17) is 10.5 Å². The van der Waals surface area contributed by atoms with Crippen LogP contribution >= 0.6 is 0 Å². The molecule has 0 aliphatic rings. The molecule has 3 rings (SSSR count). The third-order valence-electron chi connectivity index (χ3n) is 5.28. The third-order valence-corrected chi connectivity index (χ3v) is 5.28. The van der Waals surface area contributed by atoms with Gasteiger partial charge in [-0.2, -0.15) is 5.21 Å². The molecule has 0 radical (unpaired) electrons. The molecule has 0 aliphatic heterocycles. The summed E-state index contributed by atoms with van der Waals surface area (Å²) in [7, 11) is 0. The van der Waals surface area contributed by atoms with Crippen LogP contribution in [0.2, 0.25) is 0 Å². The third kappa shape index (κ3) is 7.35. The van der Waals surface area contributed by atoms with Gasteiger partial charge >= 0.3 is 5.97 Å². The van der Waals surface area contributed by atoms with Crippen molar-refractivity contribution in [2.75, 3.05) is 0 Å². The first kappa shape index (κ1) is 24.3. The lowest BCUT2D eigenvalue weighted by Gasteiger charge is -2.23. The highest BCUT2D eigenvalue weighted by Crippen LogP contribution is 2.31. The first-order valence-electron chi connectivity index (χ1n) is 11.1. The maximum atomic E-state index is 12.0. The zero-order valence-electron chi connectivity index (χ0n) is 19.5. The van der Waals surface area contributed by atoms with Gasteiger partial charge < -0.3 is 15.6 Å².